The van der Waals surface area contributed by atoms with Gasteiger partial charge in [0.25, 0.3) is 0 Å². The second kappa shape index (κ2) is 6.54. The van der Waals surface area contributed by atoms with Crippen LogP contribution in [0.25, 0.3) is 0 Å². The summed E-state index contributed by atoms with van der Waals surface area (Å²) in [6.07, 6.45) is 0. The van der Waals surface area contributed by atoms with E-state index >= 15 is 0 Å². The van der Waals surface area contributed by atoms with Crippen LogP contribution in [0, 0.1) is 0 Å². The van der Waals surface area contributed by atoms with E-state index in [4.69, 9.17) is 9.84 Å². The maximum atomic E-state index is 8.84. The van der Waals surface area contributed by atoms with Crippen LogP contribution >= 0.6 is 0 Å². The first kappa shape index (κ1) is 11.2. The molecule has 0 amide bonds. The van der Waals surface area contributed by atoms with E-state index in [1.54, 1.807) is 0 Å². The lowest BCUT2D eigenvalue weighted by molar-refractivity contribution is 0.124. The molecule has 0 aliphatic heterocycles. The van der Waals surface area contributed by atoms with Crippen molar-refractivity contribution in [1.29, 1.82) is 0 Å². The normalized spacial score (nSPS) is 10.4. The lowest BCUT2D eigenvalue weighted by Gasteiger charge is -2.04. The zero-order valence-corrected chi connectivity index (χ0v) is 8.49. The Labute approximate surface area is 84.7 Å². The molecule has 0 unspecified atom stereocenters. The maximum absolute atomic E-state index is 8.84. The fraction of sp³-hybridized carbons (Fsp3) is 0.455. The van der Waals surface area contributed by atoms with Gasteiger partial charge in [-0.15, -0.1) is 0 Å². The molecule has 0 radical (unpaired) electrons. The van der Waals surface area contributed by atoms with Crippen LogP contribution in [0.2, 0.25) is 0 Å². The minimum absolute atomic E-state index is 0.0981. The number of nitrogens with one attached hydrogen (secondary N) is 1. The first-order valence-electron chi connectivity index (χ1n) is 4.78. The molecule has 0 saturated heterocycles. The van der Waals surface area contributed by atoms with Crippen LogP contribution in [0.1, 0.15) is 11.1 Å². The van der Waals surface area contributed by atoms with Gasteiger partial charge in [0, 0.05) is 6.54 Å². The van der Waals surface area contributed by atoms with Crippen molar-refractivity contribution >= 4 is 0 Å². The summed E-state index contributed by atoms with van der Waals surface area (Å²) in [6.45, 7) is 2.32. The van der Waals surface area contributed by atoms with Crippen molar-refractivity contribution in [3.8, 4) is 0 Å². The van der Waals surface area contributed by atoms with E-state index in [-0.39, 0.29) is 6.61 Å². The summed E-state index contributed by atoms with van der Waals surface area (Å²) in [5, 5.41) is 11.8. The monoisotopic (exact) mass is 195 g/mol. The molecule has 1 rings (SSSR count). The summed E-state index contributed by atoms with van der Waals surface area (Å²) >= 11 is 0. The van der Waals surface area contributed by atoms with E-state index in [1.165, 1.54) is 0 Å². The van der Waals surface area contributed by atoms with Gasteiger partial charge in [-0.2, -0.15) is 0 Å². The van der Waals surface area contributed by atoms with Gasteiger partial charge >= 0.3 is 0 Å². The van der Waals surface area contributed by atoms with Gasteiger partial charge in [0.1, 0.15) is 0 Å². The van der Waals surface area contributed by atoms with E-state index in [2.05, 4.69) is 5.32 Å². The summed E-state index contributed by atoms with van der Waals surface area (Å²) in [7, 11) is 1.90. The highest BCUT2D eigenvalue weighted by atomic mass is 16.5. The highest BCUT2D eigenvalue weighted by Gasteiger charge is 1.93. The molecule has 0 aromatic heterocycles. The Hall–Kier alpha value is -0.900. The first-order valence-corrected chi connectivity index (χ1v) is 4.78. The molecule has 0 fully saturated rings. The number of aliphatic hydroxyl groups is 1. The number of benzene rings is 1. The zero-order valence-electron chi connectivity index (χ0n) is 8.49. The smallest absolute Gasteiger partial charge is 0.0717 e. The molecular weight excluding hydrogens is 178 g/mol. The quantitative estimate of drug-likeness (QED) is 0.663. The minimum Gasteiger partial charge on any atom is -0.392 e. The number of hydrogen-bond acceptors (Lipinski definition) is 3. The highest BCUT2D eigenvalue weighted by molar-refractivity contribution is 5.21. The number of hydrogen-bond donors (Lipinski definition) is 2. The summed E-state index contributed by atoms with van der Waals surface area (Å²) in [4.78, 5) is 0. The van der Waals surface area contributed by atoms with E-state index in [0.717, 1.165) is 24.3 Å². The Morgan fingerprint density at radius 2 is 1.86 bits per heavy atom. The van der Waals surface area contributed by atoms with Crippen molar-refractivity contribution in [2.75, 3.05) is 20.2 Å². The van der Waals surface area contributed by atoms with Crippen LogP contribution in [0.15, 0.2) is 24.3 Å². The molecule has 3 heteroatoms. The molecule has 0 saturated carbocycles. The molecule has 0 aliphatic carbocycles. The minimum atomic E-state index is 0.0981. The molecule has 0 bridgehead atoms. The fourth-order valence-electron chi connectivity index (χ4n) is 1.11. The molecule has 14 heavy (non-hydrogen) atoms. The molecule has 0 heterocycles. The molecule has 3 nitrogen and oxygen atoms in total. The Morgan fingerprint density at radius 3 is 2.43 bits per heavy atom. The molecule has 78 valence electrons. The summed E-state index contributed by atoms with van der Waals surface area (Å²) in [5.41, 5.74) is 2.07. The molecule has 1 aromatic carbocycles. The predicted molar refractivity (Wildman–Crippen MR) is 55.9 cm³/mol. The Morgan fingerprint density at radius 1 is 1.21 bits per heavy atom. The molecule has 1 aromatic rings. The summed E-state index contributed by atoms with van der Waals surface area (Å²) < 4.78 is 5.41. The van der Waals surface area contributed by atoms with Crippen molar-refractivity contribution in [3.63, 3.8) is 0 Å². The third kappa shape index (κ3) is 3.87. The molecular formula is C11H17NO2. The average molecular weight is 195 g/mol. The molecule has 2 N–H and O–H groups in total. The van der Waals surface area contributed by atoms with Gasteiger partial charge in [-0.3, -0.25) is 0 Å². The Bertz CT molecular complexity index is 246. The van der Waals surface area contributed by atoms with Crippen molar-refractivity contribution < 1.29 is 9.84 Å². The van der Waals surface area contributed by atoms with E-state index < -0.39 is 0 Å². The Balaban J connectivity index is 2.29. The van der Waals surface area contributed by atoms with Crippen molar-refractivity contribution in [3.05, 3.63) is 35.4 Å². The topological polar surface area (TPSA) is 41.5 Å². The van der Waals surface area contributed by atoms with Crippen molar-refractivity contribution in [1.82, 2.24) is 5.32 Å². The van der Waals surface area contributed by atoms with Crippen LogP contribution in [-0.2, 0) is 18.0 Å². The van der Waals surface area contributed by atoms with Gasteiger partial charge in [0.15, 0.2) is 0 Å². The first-order chi connectivity index (χ1) is 6.86. The lowest BCUT2D eigenvalue weighted by atomic mass is 10.1. The summed E-state index contributed by atoms with van der Waals surface area (Å²) in [5.74, 6) is 0. The Kier molecular flexibility index (Phi) is 5.22. The van der Waals surface area contributed by atoms with Crippen LogP contribution in [0.5, 0.6) is 0 Å². The third-order valence-corrected chi connectivity index (χ3v) is 1.97. The van der Waals surface area contributed by atoms with Gasteiger partial charge in [-0.25, -0.2) is 0 Å². The second-order valence-electron chi connectivity index (χ2n) is 3.13. The van der Waals surface area contributed by atoms with Gasteiger partial charge in [-0.05, 0) is 18.2 Å². The van der Waals surface area contributed by atoms with Gasteiger partial charge in [-0.1, -0.05) is 24.3 Å². The van der Waals surface area contributed by atoms with Crippen LogP contribution < -0.4 is 5.32 Å². The van der Waals surface area contributed by atoms with Crippen LogP contribution in [0.4, 0.5) is 0 Å². The largest absolute Gasteiger partial charge is 0.392 e. The van der Waals surface area contributed by atoms with Crippen LogP contribution in [0.3, 0.4) is 0 Å². The van der Waals surface area contributed by atoms with Gasteiger partial charge in [0.2, 0.25) is 0 Å². The third-order valence-electron chi connectivity index (χ3n) is 1.97. The van der Waals surface area contributed by atoms with Crippen molar-refractivity contribution in [2.24, 2.45) is 0 Å². The van der Waals surface area contributed by atoms with Gasteiger partial charge in [0.05, 0.1) is 19.8 Å². The van der Waals surface area contributed by atoms with Gasteiger partial charge < -0.3 is 15.2 Å². The maximum Gasteiger partial charge on any atom is 0.0717 e. The average Bonchev–Trinajstić information content (AvgIpc) is 2.25. The van der Waals surface area contributed by atoms with Crippen molar-refractivity contribution in [2.45, 2.75) is 13.2 Å². The van der Waals surface area contributed by atoms with E-state index in [9.17, 15) is 0 Å². The number of likely N-dealkylation sites (N-methyl/N-ethyl adjacent to an activating group) is 1. The standard InChI is InChI=1S/C11H17NO2/c1-12-6-7-14-9-11-4-2-10(8-13)3-5-11/h2-5,12-13H,6-9H2,1H3. The van der Waals surface area contributed by atoms with Crippen LogP contribution in [-0.4, -0.2) is 25.3 Å². The number of ether oxygens (including phenoxy) is 1. The fourth-order valence-corrected chi connectivity index (χ4v) is 1.11. The molecule has 0 spiro atoms. The lowest BCUT2D eigenvalue weighted by Crippen LogP contribution is -2.13. The highest BCUT2D eigenvalue weighted by Crippen LogP contribution is 2.05. The van der Waals surface area contributed by atoms with E-state index in [0.29, 0.717) is 6.61 Å². The summed E-state index contributed by atoms with van der Waals surface area (Å²) in [6, 6.07) is 7.78. The van der Waals surface area contributed by atoms with E-state index in [1.807, 2.05) is 31.3 Å². The SMILES string of the molecule is CNCCOCc1ccc(CO)cc1. The second-order valence-corrected chi connectivity index (χ2v) is 3.13. The number of aliphatic hydroxyl groups excluding tert-OH is 1. The number of rotatable bonds is 6. The molecule has 0 aliphatic rings. The zero-order chi connectivity index (χ0) is 10.2. The molecule has 0 atom stereocenters. The predicted octanol–water partition coefficient (Wildman–Crippen LogP) is 0.915.